The summed E-state index contributed by atoms with van der Waals surface area (Å²) in [6, 6.07) is 8.45. The molecule has 2 aromatic rings. The Hall–Kier alpha value is -2.63. The molecule has 1 saturated heterocycles. The van der Waals surface area contributed by atoms with Crippen LogP contribution in [-0.2, 0) is 27.5 Å². The molecular weight excluding hydrogens is 507 g/mol. The summed E-state index contributed by atoms with van der Waals surface area (Å²) in [5.41, 5.74) is 0.975. The maximum absolute atomic E-state index is 13.0. The third kappa shape index (κ3) is 7.24. The molecule has 0 radical (unpaired) electrons. The fourth-order valence-corrected chi connectivity index (χ4v) is 6.09. The van der Waals surface area contributed by atoms with Gasteiger partial charge < -0.3 is 10.1 Å². The average Bonchev–Trinajstić information content (AvgIpc) is 2.84. The number of carbonyl (C=O) groups is 1. The highest BCUT2D eigenvalue weighted by atomic mass is 32.2. The molecular formula is C26H32F3N3O4S. The van der Waals surface area contributed by atoms with E-state index in [1.165, 1.54) is 26.2 Å². The lowest BCUT2D eigenvalue weighted by atomic mass is 9.98. The number of rotatable bonds is 8. The number of piperidine rings is 1. The summed E-state index contributed by atoms with van der Waals surface area (Å²) in [6.45, 7) is 4.98. The van der Waals surface area contributed by atoms with Crippen molar-refractivity contribution in [1.82, 2.24) is 14.9 Å². The first-order chi connectivity index (χ1) is 17.5. The lowest BCUT2D eigenvalue weighted by Crippen LogP contribution is -2.39. The van der Waals surface area contributed by atoms with Gasteiger partial charge in [0, 0.05) is 31.0 Å². The topological polar surface area (TPSA) is 87.7 Å². The zero-order chi connectivity index (χ0) is 26.6. The number of nitrogens with zero attached hydrogens (tertiary/aromatic N) is 1. The van der Waals surface area contributed by atoms with E-state index >= 15 is 0 Å². The van der Waals surface area contributed by atoms with Crippen LogP contribution in [0.4, 0.5) is 13.2 Å². The molecule has 37 heavy (non-hydrogen) atoms. The number of sulfonamides is 1. The summed E-state index contributed by atoms with van der Waals surface area (Å²) in [5.74, 6) is 0.374. The van der Waals surface area contributed by atoms with Crippen LogP contribution in [0.15, 0.2) is 47.4 Å². The van der Waals surface area contributed by atoms with E-state index in [2.05, 4.69) is 14.9 Å². The number of fused-ring (bicyclic) bond motifs is 1. The SMILES string of the molecule is C[C@@H](CC(=O)N[C@@H]1CCOc2cc(CN3CCCCC3)ccc21)NS(=O)(=O)c1cccc(C(F)(F)F)c1. The zero-order valence-corrected chi connectivity index (χ0v) is 21.5. The van der Waals surface area contributed by atoms with E-state index in [0.717, 1.165) is 54.7 Å². The van der Waals surface area contributed by atoms with Gasteiger partial charge in [-0.15, -0.1) is 0 Å². The Morgan fingerprint density at radius 1 is 1.14 bits per heavy atom. The molecule has 1 amide bonds. The van der Waals surface area contributed by atoms with Gasteiger partial charge in [0.05, 0.1) is 23.1 Å². The van der Waals surface area contributed by atoms with Crippen LogP contribution >= 0.6 is 0 Å². The molecule has 0 unspecified atom stereocenters. The highest BCUT2D eigenvalue weighted by molar-refractivity contribution is 7.89. The predicted octanol–water partition coefficient (Wildman–Crippen LogP) is 4.39. The molecule has 11 heteroatoms. The van der Waals surface area contributed by atoms with Gasteiger partial charge in [0.15, 0.2) is 0 Å². The standard InChI is InChI=1S/C26H32F3N3O4S/c1-18(31-37(34,35)21-7-5-6-20(16-21)26(27,28)29)14-25(33)30-23-10-13-36-24-15-19(8-9-22(23)24)17-32-11-3-2-4-12-32/h5-9,15-16,18,23,31H,2-4,10-14,17H2,1H3,(H,30,33)/t18-,23+/m0/s1. The predicted molar refractivity (Wildman–Crippen MR) is 132 cm³/mol. The number of carbonyl (C=O) groups excluding carboxylic acids is 1. The Bertz CT molecular complexity index is 1210. The Morgan fingerprint density at radius 2 is 1.89 bits per heavy atom. The van der Waals surface area contributed by atoms with Gasteiger partial charge >= 0.3 is 6.18 Å². The van der Waals surface area contributed by atoms with Gasteiger partial charge in [0.25, 0.3) is 0 Å². The van der Waals surface area contributed by atoms with Gasteiger partial charge in [-0.2, -0.15) is 13.2 Å². The summed E-state index contributed by atoms with van der Waals surface area (Å²) in [4.78, 5) is 14.6. The van der Waals surface area contributed by atoms with Gasteiger partial charge in [-0.25, -0.2) is 13.1 Å². The average molecular weight is 540 g/mol. The van der Waals surface area contributed by atoms with Crippen molar-refractivity contribution >= 4 is 15.9 Å². The Labute approximate surface area is 215 Å². The van der Waals surface area contributed by atoms with Crippen LogP contribution in [0.1, 0.15) is 61.8 Å². The third-order valence-corrected chi connectivity index (χ3v) is 8.21. The van der Waals surface area contributed by atoms with Crippen LogP contribution in [0.5, 0.6) is 5.75 Å². The zero-order valence-electron chi connectivity index (χ0n) is 20.7. The molecule has 2 N–H and O–H groups in total. The molecule has 2 aromatic carbocycles. The fourth-order valence-electron chi connectivity index (χ4n) is 4.80. The Balaban J connectivity index is 1.35. The largest absolute Gasteiger partial charge is 0.493 e. The summed E-state index contributed by atoms with van der Waals surface area (Å²) in [5, 5.41) is 2.95. The molecule has 2 aliphatic rings. The first-order valence-electron chi connectivity index (χ1n) is 12.5. The van der Waals surface area contributed by atoms with Crippen molar-refractivity contribution < 1.29 is 31.1 Å². The molecule has 2 aliphatic heterocycles. The quantitative estimate of drug-likeness (QED) is 0.520. The number of alkyl halides is 3. The molecule has 7 nitrogen and oxygen atoms in total. The van der Waals surface area contributed by atoms with Crippen molar-refractivity contribution in [3.8, 4) is 5.75 Å². The summed E-state index contributed by atoms with van der Waals surface area (Å²) < 4.78 is 72.3. The summed E-state index contributed by atoms with van der Waals surface area (Å²) in [7, 11) is -4.24. The van der Waals surface area contributed by atoms with Crippen LogP contribution < -0.4 is 14.8 Å². The van der Waals surface area contributed by atoms with Crippen LogP contribution in [0.3, 0.4) is 0 Å². The van der Waals surface area contributed by atoms with Crippen molar-refractivity contribution in [1.29, 1.82) is 0 Å². The maximum atomic E-state index is 13.0. The Morgan fingerprint density at radius 3 is 2.62 bits per heavy atom. The molecule has 1 fully saturated rings. The second-order valence-electron chi connectivity index (χ2n) is 9.72. The molecule has 0 aliphatic carbocycles. The van der Waals surface area contributed by atoms with E-state index in [1.54, 1.807) is 0 Å². The number of likely N-dealkylation sites (tertiary alicyclic amines) is 1. The second-order valence-corrected chi connectivity index (χ2v) is 11.4. The van der Waals surface area contributed by atoms with Crippen LogP contribution in [0.2, 0.25) is 0 Å². The van der Waals surface area contributed by atoms with Crippen molar-refractivity contribution in [3.63, 3.8) is 0 Å². The number of nitrogens with one attached hydrogen (secondary N) is 2. The molecule has 0 aromatic heterocycles. The second kappa shape index (κ2) is 11.4. The van der Waals surface area contributed by atoms with Crippen LogP contribution in [0.25, 0.3) is 0 Å². The van der Waals surface area contributed by atoms with Gasteiger partial charge in [-0.3, -0.25) is 9.69 Å². The summed E-state index contributed by atoms with van der Waals surface area (Å²) >= 11 is 0. The molecule has 0 saturated carbocycles. The number of hydrogen-bond donors (Lipinski definition) is 2. The van der Waals surface area contributed by atoms with Gasteiger partial charge in [-0.05, 0) is 62.7 Å². The van der Waals surface area contributed by atoms with Crippen molar-refractivity contribution in [3.05, 3.63) is 59.2 Å². The first-order valence-corrected chi connectivity index (χ1v) is 14.0. The van der Waals surface area contributed by atoms with E-state index in [9.17, 15) is 26.4 Å². The normalized spacial score (nSPS) is 19.5. The third-order valence-electron chi connectivity index (χ3n) is 6.63. The number of benzene rings is 2. The first kappa shape index (κ1) is 27.4. The molecule has 2 heterocycles. The van der Waals surface area contributed by atoms with E-state index in [0.29, 0.717) is 19.1 Å². The lowest BCUT2D eigenvalue weighted by Gasteiger charge is -2.29. The van der Waals surface area contributed by atoms with Gasteiger partial charge in [-0.1, -0.05) is 24.6 Å². The van der Waals surface area contributed by atoms with Gasteiger partial charge in [0.1, 0.15) is 5.75 Å². The maximum Gasteiger partial charge on any atom is 0.416 e. The lowest BCUT2D eigenvalue weighted by molar-refractivity contribution is -0.137. The van der Waals surface area contributed by atoms with Crippen LogP contribution in [0, 0.1) is 0 Å². The minimum atomic E-state index is -4.66. The fraction of sp³-hybridized carbons (Fsp3) is 0.500. The summed E-state index contributed by atoms with van der Waals surface area (Å²) in [6.07, 6.45) is -0.553. The minimum absolute atomic E-state index is 0.169. The molecule has 0 bridgehead atoms. The van der Waals surface area contributed by atoms with E-state index < -0.39 is 32.7 Å². The smallest absolute Gasteiger partial charge is 0.416 e. The van der Waals surface area contributed by atoms with E-state index in [4.69, 9.17) is 4.74 Å². The number of ether oxygens (including phenoxy) is 1. The number of hydrogen-bond acceptors (Lipinski definition) is 5. The van der Waals surface area contributed by atoms with Crippen molar-refractivity contribution in [2.24, 2.45) is 0 Å². The number of amides is 1. The van der Waals surface area contributed by atoms with E-state index in [1.807, 2.05) is 18.2 Å². The highest BCUT2D eigenvalue weighted by Gasteiger charge is 2.32. The molecule has 4 rings (SSSR count). The monoisotopic (exact) mass is 539 g/mol. The van der Waals surface area contributed by atoms with Crippen LogP contribution in [-0.4, -0.2) is 45.0 Å². The number of halogens is 3. The van der Waals surface area contributed by atoms with Crippen molar-refractivity contribution in [2.45, 2.75) is 68.7 Å². The highest BCUT2D eigenvalue weighted by Crippen LogP contribution is 2.34. The van der Waals surface area contributed by atoms with Crippen molar-refractivity contribution in [2.75, 3.05) is 19.7 Å². The van der Waals surface area contributed by atoms with E-state index in [-0.39, 0.29) is 18.4 Å². The molecule has 2 atom stereocenters. The minimum Gasteiger partial charge on any atom is -0.493 e. The van der Waals surface area contributed by atoms with Gasteiger partial charge in [0.2, 0.25) is 15.9 Å². The molecule has 202 valence electrons. The molecule has 0 spiro atoms. The Kier molecular flexibility index (Phi) is 8.45.